The SMILES string of the molecule is CS(=O)(=O)Nc1ccc2c(c1)C(=O)CC1(CCN(CCc3ccc(Cl)[n+]([O-])c3)CC1)O2. The zero-order valence-electron chi connectivity index (χ0n) is 17.1. The highest BCUT2D eigenvalue weighted by Crippen LogP contribution is 2.40. The summed E-state index contributed by atoms with van der Waals surface area (Å²) in [6.45, 7) is 2.39. The maximum Gasteiger partial charge on any atom is 0.286 e. The number of piperidine rings is 1. The van der Waals surface area contributed by atoms with Crippen LogP contribution in [0, 0.1) is 5.21 Å². The van der Waals surface area contributed by atoms with Crippen molar-refractivity contribution in [3.05, 3.63) is 58.0 Å². The summed E-state index contributed by atoms with van der Waals surface area (Å²) in [5.74, 6) is 0.470. The van der Waals surface area contributed by atoms with Crippen molar-refractivity contribution in [1.29, 1.82) is 0 Å². The Balaban J connectivity index is 1.38. The van der Waals surface area contributed by atoms with Gasteiger partial charge in [0, 0.05) is 49.8 Å². The average molecular weight is 466 g/mol. The standard InChI is InChI=1S/C21H24ClN3O5S/c1-31(28,29)23-16-3-4-19-17(12-16)18(26)13-21(30-19)7-10-24(11-8-21)9-6-15-2-5-20(22)25(27)14-15/h2-5,12,14,23H,6-11,13H2,1H3. The predicted octanol–water partition coefficient (Wildman–Crippen LogP) is 2.39. The Morgan fingerprint density at radius 2 is 2.00 bits per heavy atom. The molecule has 0 aliphatic carbocycles. The third-order valence-electron chi connectivity index (χ3n) is 5.80. The lowest BCUT2D eigenvalue weighted by Crippen LogP contribution is -2.51. The van der Waals surface area contributed by atoms with Crippen LogP contribution in [0.25, 0.3) is 0 Å². The van der Waals surface area contributed by atoms with Gasteiger partial charge in [-0.2, -0.15) is 4.73 Å². The number of hydrogen-bond donors (Lipinski definition) is 1. The van der Waals surface area contributed by atoms with Gasteiger partial charge < -0.3 is 14.8 Å². The van der Waals surface area contributed by atoms with E-state index in [1.54, 1.807) is 18.2 Å². The van der Waals surface area contributed by atoms with E-state index in [2.05, 4.69) is 9.62 Å². The van der Waals surface area contributed by atoms with Crippen molar-refractivity contribution in [1.82, 2.24) is 4.90 Å². The number of ether oxygens (including phenoxy) is 1. The molecule has 4 rings (SSSR count). The minimum absolute atomic E-state index is 0.0342. The fourth-order valence-corrected chi connectivity index (χ4v) is 4.84. The highest BCUT2D eigenvalue weighted by atomic mass is 35.5. The first-order chi connectivity index (χ1) is 14.6. The van der Waals surface area contributed by atoms with Crippen molar-refractivity contribution in [2.24, 2.45) is 0 Å². The summed E-state index contributed by atoms with van der Waals surface area (Å²) in [5.41, 5.74) is 1.17. The highest BCUT2D eigenvalue weighted by molar-refractivity contribution is 7.92. The molecule has 31 heavy (non-hydrogen) atoms. The summed E-state index contributed by atoms with van der Waals surface area (Å²) >= 11 is 5.77. The molecule has 0 unspecified atom stereocenters. The third kappa shape index (κ3) is 5.11. The van der Waals surface area contributed by atoms with Gasteiger partial charge in [0.15, 0.2) is 12.0 Å². The summed E-state index contributed by atoms with van der Waals surface area (Å²) in [6, 6.07) is 8.26. The molecule has 1 saturated heterocycles. The monoisotopic (exact) mass is 465 g/mol. The minimum atomic E-state index is -3.42. The Bertz CT molecular complexity index is 1110. The van der Waals surface area contributed by atoms with Crippen LogP contribution in [0.4, 0.5) is 5.69 Å². The number of fused-ring (bicyclic) bond motifs is 1. The zero-order chi connectivity index (χ0) is 22.2. The maximum absolute atomic E-state index is 12.8. The van der Waals surface area contributed by atoms with Crippen LogP contribution in [-0.2, 0) is 16.4 Å². The number of benzene rings is 1. The quantitative estimate of drug-likeness (QED) is 0.413. The lowest BCUT2D eigenvalue weighted by Gasteiger charge is -2.44. The molecule has 0 radical (unpaired) electrons. The molecule has 1 N–H and O–H groups in total. The molecule has 1 aromatic heterocycles. The maximum atomic E-state index is 12.8. The van der Waals surface area contributed by atoms with Crippen LogP contribution in [0.1, 0.15) is 35.2 Å². The number of likely N-dealkylation sites (tertiary alicyclic amines) is 1. The Morgan fingerprint density at radius 3 is 2.68 bits per heavy atom. The van der Waals surface area contributed by atoms with Crippen molar-refractivity contribution in [3.8, 4) is 5.75 Å². The molecule has 3 heterocycles. The molecule has 0 bridgehead atoms. The first-order valence-corrected chi connectivity index (χ1v) is 12.3. The molecular formula is C21H24ClN3O5S. The normalized spacial score (nSPS) is 18.5. The summed E-state index contributed by atoms with van der Waals surface area (Å²) in [4.78, 5) is 15.1. The number of rotatable bonds is 5. The van der Waals surface area contributed by atoms with Crippen LogP contribution in [0.5, 0.6) is 5.75 Å². The molecule has 1 spiro atoms. The summed E-state index contributed by atoms with van der Waals surface area (Å²) in [6.07, 6.45) is 5.04. The number of nitrogens with one attached hydrogen (secondary N) is 1. The van der Waals surface area contributed by atoms with Crippen molar-refractivity contribution < 1.29 is 22.7 Å². The van der Waals surface area contributed by atoms with E-state index in [0.29, 0.717) is 21.7 Å². The third-order valence-corrected chi connectivity index (χ3v) is 6.70. The lowest BCUT2D eigenvalue weighted by atomic mass is 9.82. The van der Waals surface area contributed by atoms with Crippen molar-refractivity contribution >= 4 is 33.1 Å². The molecule has 2 aromatic rings. The number of carbonyl (C=O) groups excluding carboxylic acids is 1. The van der Waals surface area contributed by atoms with Crippen LogP contribution in [0.2, 0.25) is 5.15 Å². The van der Waals surface area contributed by atoms with Gasteiger partial charge in [0.1, 0.15) is 11.4 Å². The molecule has 0 atom stereocenters. The van der Waals surface area contributed by atoms with Gasteiger partial charge in [0.05, 0.1) is 18.2 Å². The number of pyridine rings is 1. The van der Waals surface area contributed by atoms with E-state index in [0.717, 1.165) is 50.7 Å². The molecule has 8 nitrogen and oxygen atoms in total. The number of sulfonamides is 1. The van der Waals surface area contributed by atoms with Gasteiger partial charge in [-0.25, -0.2) is 8.42 Å². The molecule has 166 valence electrons. The van der Waals surface area contributed by atoms with Gasteiger partial charge in [0.2, 0.25) is 10.0 Å². The fourth-order valence-electron chi connectivity index (χ4n) is 4.17. The fraction of sp³-hybridized carbons (Fsp3) is 0.429. The topological polar surface area (TPSA) is 103 Å². The van der Waals surface area contributed by atoms with Gasteiger partial charge in [-0.3, -0.25) is 9.52 Å². The summed E-state index contributed by atoms with van der Waals surface area (Å²) < 4.78 is 32.2. The zero-order valence-corrected chi connectivity index (χ0v) is 18.7. The number of anilines is 1. The van der Waals surface area contributed by atoms with Gasteiger partial charge in [-0.15, -0.1) is 0 Å². The molecular weight excluding hydrogens is 442 g/mol. The van der Waals surface area contributed by atoms with E-state index in [1.165, 1.54) is 12.3 Å². The Kier molecular flexibility index (Phi) is 5.85. The summed E-state index contributed by atoms with van der Waals surface area (Å²) in [5, 5.41) is 11.8. The molecule has 10 heteroatoms. The number of aromatic nitrogens is 1. The number of Topliss-reactive ketones (excluding diaryl/α,β-unsaturated/α-hetero) is 1. The first-order valence-electron chi connectivity index (χ1n) is 10.1. The lowest BCUT2D eigenvalue weighted by molar-refractivity contribution is -0.603. The van der Waals surface area contributed by atoms with E-state index in [9.17, 15) is 18.4 Å². The van der Waals surface area contributed by atoms with Crippen LogP contribution in [0.3, 0.4) is 0 Å². The van der Waals surface area contributed by atoms with E-state index in [1.807, 2.05) is 6.07 Å². The van der Waals surface area contributed by atoms with Gasteiger partial charge >= 0.3 is 0 Å². The molecule has 2 aliphatic rings. The van der Waals surface area contributed by atoms with Gasteiger partial charge in [-0.1, -0.05) is 0 Å². The smallest absolute Gasteiger partial charge is 0.286 e. The van der Waals surface area contributed by atoms with E-state index >= 15 is 0 Å². The van der Waals surface area contributed by atoms with E-state index in [-0.39, 0.29) is 17.4 Å². The summed E-state index contributed by atoms with van der Waals surface area (Å²) in [7, 11) is -3.42. The van der Waals surface area contributed by atoms with Crippen LogP contribution < -0.4 is 14.2 Å². The molecule has 1 fully saturated rings. The minimum Gasteiger partial charge on any atom is -0.618 e. The Labute approximate surface area is 186 Å². The molecule has 0 saturated carbocycles. The van der Waals surface area contributed by atoms with Crippen molar-refractivity contribution in [3.63, 3.8) is 0 Å². The first kappa shape index (κ1) is 21.9. The Hall–Kier alpha value is -2.36. The molecule has 2 aliphatic heterocycles. The highest BCUT2D eigenvalue weighted by Gasteiger charge is 2.42. The number of nitrogens with zero attached hydrogens (tertiary/aromatic N) is 2. The second-order valence-electron chi connectivity index (χ2n) is 8.25. The number of ketones is 1. The van der Waals surface area contributed by atoms with E-state index in [4.69, 9.17) is 16.3 Å². The number of carbonyl (C=O) groups is 1. The van der Waals surface area contributed by atoms with Crippen LogP contribution >= 0.6 is 11.6 Å². The molecule has 1 aromatic carbocycles. The van der Waals surface area contributed by atoms with Gasteiger partial charge in [0.25, 0.3) is 5.15 Å². The Morgan fingerprint density at radius 1 is 1.26 bits per heavy atom. The van der Waals surface area contributed by atoms with Crippen molar-refractivity contribution in [2.75, 3.05) is 30.6 Å². The van der Waals surface area contributed by atoms with Gasteiger partial charge in [-0.05, 0) is 42.3 Å². The van der Waals surface area contributed by atoms with Crippen molar-refractivity contribution in [2.45, 2.75) is 31.3 Å². The van der Waals surface area contributed by atoms with Crippen LogP contribution in [-0.4, -0.2) is 50.6 Å². The average Bonchev–Trinajstić information content (AvgIpc) is 2.70. The second kappa shape index (κ2) is 8.29. The second-order valence-corrected chi connectivity index (χ2v) is 10.4. The van der Waals surface area contributed by atoms with E-state index < -0.39 is 15.6 Å². The number of halogens is 1. The van der Waals surface area contributed by atoms with Crippen LogP contribution in [0.15, 0.2) is 36.5 Å². The number of hydrogen-bond acceptors (Lipinski definition) is 6. The predicted molar refractivity (Wildman–Crippen MR) is 117 cm³/mol. The molecule has 0 amide bonds. The largest absolute Gasteiger partial charge is 0.618 e.